The molecule has 78 valence electrons. The number of fused-ring (bicyclic) bond motifs is 1. The SMILES string of the molecule is COc1cncc2c(C(C)C)ccnc12. The number of methoxy groups -OCH3 is 1. The fraction of sp³-hybridized carbons (Fsp3) is 0.333. The molecule has 0 aliphatic heterocycles. The van der Waals surface area contributed by atoms with Crippen LogP contribution in [0.1, 0.15) is 25.3 Å². The van der Waals surface area contributed by atoms with Crippen LogP contribution in [0.15, 0.2) is 24.7 Å². The van der Waals surface area contributed by atoms with Crippen molar-refractivity contribution in [1.82, 2.24) is 9.97 Å². The van der Waals surface area contributed by atoms with Gasteiger partial charge < -0.3 is 4.74 Å². The molecule has 0 bridgehead atoms. The van der Waals surface area contributed by atoms with E-state index < -0.39 is 0 Å². The Hall–Kier alpha value is -1.64. The first-order valence-electron chi connectivity index (χ1n) is 5.00. The van der Waals surface area contributed by atoms with E-state index in [4.69, 9.17) is 4.74 Å². The summed E-state index contributed by atoms with van der Waals surface area (Å²) in [6.07, 6.45) is 5.36. The average Bonchev–Trinajstić information content (AvgIpc) is 2.27. The van der Waals surface area contributed by atoms with Crippen molar-refractivity contribution < 1.29 is 4.74 Å². The lowest BCUT2D eigenvalue weighted by Gasteiger charge is -2.10. The van der Waals surface area contributed by atoms with Crippen LogP contribution in [-0.4, -0.2) is 17.1 Å². The summed E-state index contributed by atoms with van der Waals surface area (Å²) in [6, 6.07) is 2.04. The summed E-state index contributed by atoms with van der Waals surface area (Å²) in [5.74, 6) is 1.19. The molecule has 0 N–H and O–H groups in total. The number of ether oxygens (including phenoxy) is 1. The highest BCUT2D eigenvalue weighted by Crippen LogP contribution is 2.28. The van der Waals surface area contributed by atoms with Crippen molar-refractivity contribution in [2.45, 2.75) is 19.8 Å². The molecule has 0 fully saturated rings. The predicted molar refractivity (Wildman–Crippen MR) is 60.2 cm³/mol. The van der Waals surface area contributed by atoms with Crippen LogP contribution in [-0.2, 0) is 0 Å². The first-order chi connectivity index (χ1) is 7.24. The molecule has 0 aromatic carbocycles. The van der Waals surface area contributed by atoms with Crippen molar-refractivity contribution in [3.63, 3.8) is 0 Å². The molecular formula is C12H14N2O. The first kappa shape index (κ1) is 9.90. The minimum Gasteiger partial charge on any atom is -0.493 e. The highest BCUT2D eigenvalue weighted by atomic mass is 16.5. The fourth-order valence-electron chi connectivity index (χ4n) is 1.71. The van der Waals surface area contributed by atoms with Crippen LogP contribution in [0.2, 0.25) is 0 Å². The van der Waals surface area contributed by atoms with Crippen LogP contribution in [0.25, 0.3) is 10.9 Å². The van der Waals surface area contributed by atoms with Crippen molar-refractivity contribution in [1.29, 1.82) is 0 Å². The Kier molecular flexibility index (Phi) is 2.54. The number of rotatable bonds is 2. The molecule has 3 nitrogen and oxygen atoms in total. The zero-order valence-corrected chi connectivity index (χ0v) is 9.19. The van der Waals surface area contributed by atoms with Gasteiger partial charge in [0, 0.05) is 17.8 Å². The predicted octanol–water partition coefficient (Wildman–Crippen LogP) is 2.76. The Morgan fingerprint density at radius 1 is 1.27 bits per heavy atom. The number of nitrogens with zero attached hydrogens (tertiary/aromatic N) is 2. The minimum atomic E-state index is 0.462. The monoisotopic (exact) mass is 202 g/mol. The number of hydrogen-bond donors (Lipinski definition) is 0. The second kappa shape index (κ2) is 3.85. The molecule has 2 heterocycles. The van der Waals surface area contributed by atoms with E-state index in [1.54, 1.807) is 13.3 Å². The van der Waals surface area contributed by atoms with Crippen LogP contribution in [0, 0.1) is 0 Å². The van der Waals surface area contributed by atoms with Gasteiger partial charge in [0.25, 0.3) is 0 Å². The van der Waals surface area contributed by atoms with Gasteiger partial charge in [0.2, 0.25) is 0 Å². The van der Waals surface area contributed by atoms with Gasteiger partial charge in [0.15, 0.2) is 5.75 Å². The van der Waals surface area contributed by atoms with Crippen LogP contribution in [0.3, 0.4) is 0 Å². The van der Waals surface area contributed by atoms with Crippen LogP contribution in [0.4, 0.5) is 0 Å². The third-order valence-corrected chi connectivity index (χ3v) is 2.49. The van der Waals surface area contributed by atoms with Crippen LogP contribution < -0.4 is 4.74 Å². The van der Waals surface area contributed by atoms with Crippen molar-refractivity contribution in [2.75, 3.05) is 7.11 Å². The van der Waals surface area contributed by atoms with E-state index >= 15 is 0 Å². The molecule has 0 aliphatic carbocycles. The lowest BCUT2D eigenvalue weighted by atomic mass is 10.0. The van der Waals surface area contributed by atoms with Gasteiger partial charge in [-0.15, -0.1) is 0 Å². The number of aromatic nitrogens is 2. The Morgan fingerprint density at radius 2 is 2.07 bits per heavy atom. The van der Waals surface area contributed by atoms with E-state index in [0.717, 1.165) is 16.7 Å². The summed E-state index contributed by atoms with van der Waals surface area (Å²) >= 11 is 0. The maximum absolute atomic E-state index is 5.24. The second-order valence-corrected chi connectivity index (χ2v) is 3.79. The van der Waals surface area contributed by atoms with E-state index in [9.17, 15) is 0 Å². The molecule has 3 heteroatoms. The van der Waals surface area contributed by atoms with Crippen LogP contribution in [0.5, 0.6) is 5.75 Å². The number of pyridine rings is 2. The van der Waals surface area contributed by atoms with Crippen LogP contribution >= 0.6 is 0 Å². The average molecular weight is 202 g/mol. The lowest BCUT2D eigenvalue weighted by molar-refractivity contribution is 0.417. The molecule has 0 saturated heterocycles. The summed E-state index contributed by atoms with van der Waals surface area (Å²) in [7, 11) is 1.64. The van der Waals surface area contributed by atoms with E-state index in [-0.39, 0.29) is 0 Å². The van der Waals surface area contributed by atoms with Gasteiger partial charge in [-0.25, -0.2) is 0 Å². The largest absolute Gasteiger partial charge is 0.493 e. The quantitative estimate of drug-likeness (QED) is 0.751. The number of hydrogen-bond acceptors (Lipinski definition) is 3. The topological polar surface area (TPSA) is 35.0 Å². The summed E-state index contributed by atoms with van der Waals surface area (Å²) in [4.78, 5) is 8.49. The van der Waals surface area contributed by atoms with Gasteiger partial charge in [0.05, 0.1) is 13.3 Å². The van der Waals surface area contributed by atoms with E-state index in [2.05, 4.69) is 23.8 Å². The maximum atomic E-state index is 5.24. The van der Waals surface area contributed by atoms with E-state index in [1.807, 2.05) is 18.5 Å². The molecule has 0 unspecified atom stereocenters. The molecule has 2 aromatic heterocycles. The van der Waals surface area contributed by atoms with E-state index in [0.29, 0.717) is 5.92 Å². The summed E-state index contributed by atoms with van der Waals surface area (Å²) in [5.41, 5.74) is 2.14. The third-order valence-electron chi connectivity index (χ3n) is 2.49. The smallest absolute Gasteiger partial charge is 0.163 e. The van der Waals surface area contributed by atoms with Gasteiger partial charge in [-0.05, 0) is 17.5 Å². The molecule has 2 rings (SSSR count). The van der Waals surface area contributed by atoms with Crippen molar-refractivity contribution in [3.8, 4) is 5.75 Å². The molecule has 0 radical (unpaired) electrons. The van der Waals surface area contributed by atoms with Crippen molar-refractivity contribution in [3.05, 3.63) is 30.2 Å². The molecule has 0 atom stereocenters. The molecule has 0 saturated carbocycles. The van der Waals surface area contributed by atoms with Gasteiger partial charge in [0.1, 0.15) is 5.52 Å². The Labute approximate surface area is 89.1 Å². The van der Waals surface area contributed by atoms with Crippen molar-refractivity contribution >= 4 is 10.9 Å². The Balaban J connectivity index is 2.76. The third kappa shape index (κ3) is 1.65. The van der Waals surface area contributed by atoms with E-state index in [1.165, 1.54) is 5.56 Å². The molecule has 0 spiro atoms. The van der Waals surface area contributed by atoms with Gasteiger partial charge in [-0.3, -0.25) is 9.97 Å². The molecule has 15 heavy (non-hydrogen) atoms. The standard InChI is InChI=1S/C12H14N2O/c1-8(2)9-4-5-14-12-10(9)6-13-7-11(12)15-3/h4-8H,1-3H3. The lowest BCUT2D eigenvalue weighted by Crippen LogP contribution is -1.94. The summed E-state index contributed by atoms with van der Waals surface area (Å²) < 4.78 is 5.24. The minimum absolute atomic E-state index is 0.462. The zero-order valence-electron chi connectivity index (χ0n) is 9.19. The molecule has 2 aromatic rings. The second-order valence-electron chi connectivity index (χ2n) is 3.79. The fourth-order valence-corrected chi connectivity index (χ4v) is 1.71. The highest BCUT2D eigenvalue weighted by Gasteiger charge is 2.09. The normalized spacial score (nSPS) is 10.9. The van der Waals surface area contributed by atoms with Gasteiger partial charge >= 0.3 is 0 Å². The Morgan fingerprint density at radius 3 is 2.73 bits per heavy atom. The summed E-state index contributed by atoms with van der Waals surface area (Å²) in [5, 5.41) is 1.08. The maximum Gasteiger partial charge on any atom is 0.163 e. The molecule has 0 aliphatic rings. The van der Waals surface area contributed by atoms with Gasteiger partial charge in [-0.1, -0.05) is 13.8 Å². The Bertz CT molecular complexity index is 480. The zero-order chi connectivity index (χ0) is 10.8. The highest BCUT2D eigenvalue weighted by molar-refractivity contribution is 5.86. The van der Waals surface area contributed by atoms with Crippen molar-refractivity contribution in [2.24, 2.45) is 0 Å². The molecular weight excluding hydrogens is 188 g/mol. The van der Waals surface area contributed by atoms with Gasteiger partial charge in [-0.2, -0.15) is 0 Å². The molecule has 0 amide bonds. The first-order valence-corrected chi connectivity index (χ1v) is 5.00. The summed E-state index contributed by atoms with van der Waals surface area (Å²) in [6.45, 7) is 4.32.